The lowest BCUT2D eigenvalue weighted by Gasteiger charge is -2.26. The Balaban J connectivity index is 1.45. The van der Waals surface area contributed by atoms with Gasteiger partial charge in [0.05, 0.1) is 16.4 Å². The average molecular weight is 683 g/mol. The van der Waals surface area contributed by atoms with E-state index in [0.29, 0.717) is 33.8 Å². The lowest BCUT2D eigenvalue weighted by molar-refractivity contribution is -0.122. The molecule has 1 N–H and O–H groups in total. The molecule has 0 radical (unpaired) electrons. The number of nitrogens with zero attached hydrogens (tertiary/aromatic N) is 1. The van der Waals surface area contributed by atoms with Crippen LogP contribution in [0.25, 0.3) is 16.8 Å². The van der Waals surface area contributed by atoms with Gasteiger partial charge in [0.2, 0.25) is 0 Å². The van der Waals surface area contributed by atoms with E-state index in [9.17, 15) is 14.4 Å². The van der Waals surface area contributed by atoms with Gasteiger partial charge in [0.15, 0.2) is 11.5 Å². The minimum Gasteiger partial charge on any atom is -0.493 e. The number of imide groups is 2. The summed E-state index contributed by atoms with van der Waals surface area (Å²) in [7, 11) is 1.53. The van der Waals surface area contributed by atoms with Crippen molar-refractivity contribution >= 4 is 78.9 Å². The first kappa shape index (κ1) is 25.9. The molecule has 9 heteroatoms. The smallest absolute Gasteiger partial charge is 0.335 e. The summed E-state index contributed by atoms with van der Waals surface area (Å²) in [6, 6.07) is 23.5. The Kier molecular flexibility index (Phi) is 7.48. The van der Waals surface area contributed by atoms with Crippen LogP contribution in [0.4, 0.5) is 10.5 Å². The van der Waals surface area contributed by atoms with Crippen molar-refractivity contribution in [2.75, 3.05) is 12.0 Å². The highest BCUT2D eigenvalue weighted by Gasteiger charge is 2.37. The number of benzene rings is 4. The van der Waals surface area contributed by atoms with Crippen molar-refractivity contribution in [2.24, 2.45) is 0 Å². The highest BCUT2D eigenvalue weighted by atomic mass is 127. The lowest BCUT2D eigenvalue weighted by atomic mass is 10.1. The maximum absolute atomic E-state index is 13.2. The average Bonchev–Trinajstić information content (AvgIpc) is 2.90. The zero-order valence-corrected chi connectivity index (χ0v) is 23.8. The number of ether oxygens (including phenoxy) is 2. The second-order valence-electron chi connectivity index (χ2n) is 8.40. The van der Waals surface area contributed by atoms with Gasteiger partial charge in [-0.05, 0) is 80.9 Å². The second-order valence-corrected chi connectivity index (χ2v) is 10.5. The van der Waals surface area contributed by atoms with Crippen LogP contribution in [-0.4, -0.2) is 25.0 Å². The fourth-order valence-corrected chi connectivity index (χ4v) is 5.37. The minimum atomic E-state index is -0.806. The summed E-state index contributed by atoms with van der Waals surface area (Å²) in [5, 5.41) is 4.48. The number of carbonyl (C=O) groups excluding carboxylic acids is 3. The molecule has 190 valence electrons. The van der Waals surface area contributed by atoms with Crippen LogP contribution in [0.3, 0.4) is 0 Å². The van der Waals surface area contributed by atoms with E-state index < -0.39 is 17.8 Å². The molecule has 0 spiro atoms. The molecule has 1 saturated heterocycles. The number of carbonyl (C=O) groups is 3. The molecule has 0 bridgehead atoms. The molecule has 0 aromatic heterocycles. The van der Waals surface area contributed by atoms with Gasteiger partial charge in [-0.2, -0.15) is 0 Å². The van der Waals surface area contributed by atoms with Gasteiger partial charge in [-0.3, -0.25) is 14.9 Å². The molecule has 4 amide bonds. The predicted molar refractivity (Wildman–Crippen MR) is 157 cm³/mol. The van der Waals surface area contributed by atoms with Crippen molar-refractivity contribution in [2.45, 2.75) is 6.61 Å². The number of amides is 4. The number of urea groups is 1. The molecule has 4 aromatic rings. The van der Waals surface area contributed by atoms with Crippen molar-refractivity contribution in [3.05, 3.63) is 104 Å². The minimum absolute atomic E-state index is 0.174. The summed E-state index contributed by atoms with van der Waals surface area (Å²) >= 11 is 5.47. The summed E-state index contributed by atoms with van der Waals surface area (Å²) in [6.07, 6.45) is 1.44. The number of anilines is 1. The van der Waals surface area contributed by atoms with Crippen LogP contribution < -0.4 is 19.7 Å². The van der Waals surface area contributed by atoms with E-state index >= 15 is 0 Å². The van der Waals surface area contributed by atoms with Crippen molar-refractivity contribution in [1.82, 2.24) is 5.32 Å². The number of methoxy groups -OCH3 is 1. The van der Waals surface area contributed by atoms with Gasteiger partial charge in [-0.1, -0.05) is 64.5 Å². The Bertz CT molecular complexity index is 1630. The highest BCUT2D eigenvalue weighted by molar-refractivity contribution is 14.1. The molecule has 0 unspecified atom stereocenters. The van der Waals surface area contributed by atoms with Gasteiger partial charge in [-0.25, -0.2) is 9.69 Å². The normalized spacial score (nSPS) is 14.7. The Hall–Kier alpha value is -3.70. The third-order valence-corrected chi connectivity index (χ3v) is 7.28. The number of hydrogen-bond acceptors (Lipinski definition) is 5. The summed E-state index contributed by atoms with van der Waals surface area (Å²) in [5.41, 5.74) is 1.75. The fraction of sp³-hybridized carbons (Fsp3) is 0.0690. The molecule has 0 aliphatic carbocycles. The predicted octanol–water partition coefficient (Wildman–Crippen LogP) is 6.46. The van der Waals surface area contributed by atoms with E-state index in [-0.39, 0.29) is 5.57 Å². The van der Waals surface area contributed by atoms with E-state index in [1.165, 1.54) is 13.2 Å². The first-order chi connectivity index (χ1) is 18.4. The Morgan fingerprint density at radius 2 is 1.74 bits per heavy atom. The van der Waals surface area contributed by atoms with Crippen LogP contribution in [0.15, 0.2) is 88.9 Å². The SMILES string of the molecule is COc1cc(C=C2C(=O)NC(=O)N(c3cccc(Br)c3)C2=O)cc(I)c1OCc1cccc2ccccc12. The van der Waals surface area contributed by atoms with Crippen LogP contribution in [0.5, 0.6) is 11.5 Å². The number of nitrogens with one attached hydrogen (secondary N) is 1. The van der Waals surface area contributed by atoms with Crippen molar-refractivity contribution in [3.63, 3.8) is 0 Å². The molecule has 1 heterocycles. The topological polar surface area (TPSA) is 84.9 Å². The molecule has 5 rings (SSSR count). The summed E-state index contributed by atoms with van der Waals surface area (Å²) in [5.74, 6) is -0.486. The maximum Gasteiger partial charge on any atom is 0.335 e. The first-order valence-electron chi connectivity index (χ1n) is 11.5. The molecule has 1 aliphatic heterocycles. The number of rotatable bonds is 6. The van der Waals surface area contributed by atoms with Crippen molar-refractivity contribution in [1.29, 1.82) is 0 Å². The summed E-state index contributed by atoms with van der Waals surface area (Å²) in [6.45, 7) is 0.332. The zero-order chi connectivity index (χ0) is 26.8. The third kappa shape index (κ3) is 5.16. The van der Waals surface area contributed by atoms with Gasteiger partial charge in [0.1, 0.15) is 12.2 Å². The van der Waals surface area contributed by atoms with Gasteiger partial charge < -0.3 is 9.47 Å². The zero-order valence-electron chi connectivity index (χ0n) is 20.0. The maximum atomic E-state index is 13.2. The fourth-order valence-electron chi connectivity index (χ4n) is 4.21. The van der Waals surface area contributed by atoms with Crippen molar-refractivity contribution < 1.29 is 23.9 Å². The van der Waals surface area contributed by atoms with Crippen LogP contribution in [0, 0.1) is 3.57 Å². The Morgan fingerprint density at radius 3 is 2.53 bits per heavy atom. The lowest BCUT2D eigenvalue weighted by Crippen LogP contribution is -2.54. The van der Waals surface area contributed by atoms with E-state index in [4.69, 9.17) is 9.47 Å². The molecule has 1 fully saturated rings. The van der Waals surface area contributed by atoms with Gasteiger partial charge in [0.25, 0.3) is 11.8 Å². The monoisotopic (exact) mass is 682 g/mol. The van der Waals surface area contributed by atoms with E-state index in [2.05, 4.69) is 62.0 Å². The molecule has 7 nitrogen and oxygen atoms in total. The largest absolute Gasteiger partial charge is 0.493 e. The van der Waals surface area contributed by atoms with Gasteiger partial charge in [0, 0.05) is 4.47 Å². The second kappa shape index (κ2) is 11.0. The van der Waals surface area contributed by atoms with Crippen molar-refractivity contribution in [3.8, 4) is 11.5 Å². The number of barbiturate groups is 1. The summed E-state index contributed by atoms with van der Waals surface area (Å²) < 4.78 is 13.2. The van der Waals surface area contributed by atoms with Crippen LogP contribution in [-0.2, 0) is 16.2 Å². The Morgan fingerprint density at radius 1 is 0.974 bits per heavy atom. The first-order valence-corrected chi connectivity index (χ1v) is 13.4. The summed E-state index contributed by atoms with van der Waals surface area (Å²) in [4.78, 5) is 39.3. The molecule has 1 aliphatic rings. The number of halogens is 2. The molecule has 4 aromatic carbocycles. The molecular weight excluding hydrogens is 663 g/mol. The van der Waals surface area contributed by atoms with E-state index in [0.717, 1.165) is 24.8 Å². The van der Waals surface area contributed by atoms with Crippen LogP contribution in [0.2, 0.25) is 0 Å². The quantitative estimate of drug-likeness (QED) is 0.143. The highest BCUT2D eigenvalue weighted by Crippen LogP contribution is 2.36. The van der Waals surface area contributed by atoms with Gasteiger partial charge in [-0.15, -0.1) is 0 Å². The van der Waals surface area contributed by atoms with Gasteiger partial charge >= 0.3 is 6.03 Å². The molecule has 0 atom stereocenters. The number of hydrogen-bond donors (Lipinski definition) is 1. The molecule has 0 saturated carbocycles. The molecular formula is C29H20BrIN2O5. The van der Waals surface area contributed by atoms with E-state index in [1.807, 2.05) is 24.3 Å². The standard InChI is InChI=1S/C29H20BrIN2O5/c1-37-25-14-17(12-23-27(34)32-29(36)33(28(23)35)21-10-5-9-20(30)15-21)13-24(31)26(25)38-16-19-8-4-7-18-6-2-3-11-22(18)19/h2-15H,16H2,1H3,(H,32,34,36). The van der Waals surface area contributed by atoms with Crippen LogP contribution in [0.1, 0.15) is 11.1 Å². The van der Waals surface area contributed by atoms with E-state index in [1.54, 1.807) is 36.4 Å². The Labute approximate surface area is 240 Å². The molecule has 38 heavy (non-hydrogen) atoms. The number of fused-ring (bicyclic) bond motifs is 1. The third-order valence-electron chi connectivity index (χ3n) is 5.98. The van der Waals surface area contributed by atoms with Crippen LogP contribution >= 0.6 is 38.5 Å².